The molecule has 0 atom stereocenters. The van der Waals surface area contributed by atoms with Crippen molar-refractivity contribution in [1.29, 1.82) is 0 Å². The summed E-state index contributed by atoms with van der Waals surface area (Å²) >= 11 is 1.50. The Morgan fingerprint density at radius 2 is 1.81 bits per heavy atom. The van der Waals surface area contributed by atoms with Crippen molar-refractivity contribution in [3.8, 4) is 17.0 Å². The first-order valence-electron chi connectivity index (χ1n) is 8.64. The number of para-hydroxylation sites is 1. The van der Waals surface area contributed by atoms with Crippen LogP contribution < -0.4 is 10.1 Å². The second-order valence-electron chi connectivity index (χ2n) is 6.06. The fraction of sp³-hybridized carbons (Fsp3) is 0.238. The van der Waals surface area contributed by atoms with Gasteiger partial charge in [0, 0.05) is 16.9 Å². The van der Waals surface area contributed by atoms with E-state index in [9.17, 15) is 4.79 Å². The van der Waals surface area contributed by atoms with Crippen LogP contribution in [0, 0.1) is 13.8 Å². The van der Waals surface area contributed by atoms with Gasteiger partial charge in [-0.2, -0.15) is 0 Å². The monoisotopic (exact) mass is 366 g/mol. The van der Waals surface area contributed by atoms with Gasteiger partial charge in [-0.3, -0.25) is 4.79 Å². The van der Waals surface area contributed by atoms with E-state index < -0.39 is 0 Å². The second kappa shape index (κ2) is 8.63. The Labute approximate surface area is 157 Å². The molecule has 1 amide bonds. The fourth-order valence-electron chi connectivity index (χ4n) is 2.63. The third-order valence-electron chi connectivity index (χ3n) is 3.99. The Balaban J connectivity index is 1.49. The summed E-state index contributed by atoms with van der Waals surface area (Å²) in [6.07, 6.45) is 1.07. The van der Waals surface area contributed by atoms with Crippen LogP contribution in [-0.4, -0.2) is 17.5 Å². The number of thiazole rings is 1. The molecule has 0 fully saturated rings. The zero-order valence-corrected chi connectivity index (χ0v) is 15.8. The number of rotatable bonds is 7. The smallest absolute Gasteiger partial charge is 0.226 e. The van der Waals surface area contributed by atoms with Gasteiger partial charge in [0.2, 0.25) is 5.91 Å². The van der Waals surface area contributed by atoms with Crippen molar-refractivity contribution in [3.05, 3.63) is 65.0 Å². The van der Waals surface area contributed by atoms with Gasteiger partial charge in [-0.15, -0.1) is 11.3 Å². The molecule has 0 bridgehead atoms. The molecule has 0 spiro atoms. The molecule has 1 aromatic heterocycles. The van der Waals surface area contributed by atoms with Gasteiger partial charge in [0.25, 0.3) is 0 Å². The van der Waals surface area contributed by atoms with Crippen LogP contribution >= 0.6 is 11.3 Å². The topological polar surface area (TPSA) is 51.2 Å². The normalized spacial score (nSPS) is 10.5. The molecule has 3 rings (SSSR count). The molecule has 5 heteroatoms. The highest BCUT2D eigenvalue weighted by molar-refractivity contribution is 7.16. The van der Waals surface area contributed by atoms with E-state index in [4.69, 9.17) is 4.74 Å². The summed E-state index contributed by atoms with van der Waals surface area (Å²) in [5.41, 5.74) is 3.09. The molecule has 4 nitrogen and oxygen atoms in total. The molecule has 0 unspecified atom stereocenters. The highest BCUT2D eigenvalue weighted by Crippen LogP contribution is 2.30. The van der Waals surface area contributed by atoms with Crippen LogP contribution in [0.15, 0.2) is 54.6 Å². The number of aryl methyl sites for hydroxylation is 2. The maximum atomic E-state index is 12.1. The Morgan fingerprint density at radius 1 is 1.08 bits per heavy atom. The maximum absolute atomic E-state index is 12.1. The number of aromatic nitrogens is 1. The highest BCUT2D eigenvalue weighted by Gasteiger charge is 2.11. The van der Waals surface area contributed by atoms with E-state index in [-0.39, 0.29) is 5.91 Å². The molecular weight excluding hydrogens is 344 g/mol. The molecule has 2 aromatic carbocycles. The van der Waals surface area contributed by atoms with E-state index in [0.717, 1.165) is 27.4 Å². The Hall–Kier alpha value is -2.66. The molecule has 26 heavy (non-hydrogen) atoms. The molecule has 0 aliphatic carbocycles. The molecule has 0 saturated heterocycles. The van der Waals surface area contributed by atoms with E-state index in [2.05, 4.69) is 10.3 Å². The average molecular weight is 366 g/mol. The van der Waals surface area contributed by atoms with Crippen molar-refractivity contribution in [2.75, 3.05) is 11.9 Å². The van der Waals surface area contributed by atoms with Gasteiger partial charge >= 0.3 is 0 Å². The minimum Gasteiger partial charge on any atom is -0.493 e. The number of carbonyl (C=O) groups excluding carboxylic acids is 1. The zero-order valence-electron chi connectivity index (χ0n) is 15.0. The fourth-order valence-corrected chi connectivity index (χ4v) is 3.48. The van der Waals surface area contributed by atoms with Crippen molar-refractivity contribution in [1.82, 2.24) is 4.98 Å². The molecule has 0 saturated carbocycles. The van der Waals surface area contributed by atoms with Gasteiger partial charge in [-0.1, -0.05) is 48.5 Å². The summed E-state index contributed by atoms with van der Waals surface area (Å²) in [4.78, 5) is 17.8. The second-order valence-corrected chi connectivity index (χ2v) is 7.26. The molecule has 0 radical (unpaired) electrons. The summed E-state index contributed by atoms with van der Waals surface area (Å²) in [7, 11) is 0. The standard InChI is InChI=1S/C21H22N2O2S/c1-15-9-6-7-12-18(15)25-14-8-13-19(24)22-21-23-20(16(2)26-21)17-10-4-3-5-11-17/h3-7,9-12H,8,13-14H2,1-2H3,(H,22,23,24). The van der Waals surface area contributed by atoms with Gasteiger partial charge in [0.1, 0.15) is 5.75 Å². The molecule has 3 aromatic rings. The first-order valence-corrected chi connectivity index (χ1v) is 9.46. The summed E-state index contributed by atoms with van der Waals surface area (Å²) in [6.45, 7) is 4.55. The predicted molar refractivity (Wildman–Crippen MR) is 107 cm³/mol. The van der Waals surface area contributed by atoms with E-state index in [1.165, 1.54) is 11.3 Å². The van der Waals surface area contributed by atoms with E-state index in [0.29, 0.717) is 24.6 Å². The van der Waals surface area contributed by atoms with Crippen molar-refractivity contribution in [3.63, 3.8) is 0 Å². The number of benzene rings is 2. The van der Waals surface area contributed by atoms with Crippen molar-refractivity contribution in [2.45, 2.75) is 26.7 Å². The molecule has 0 aliphatic heterocycles. The summed E-state index contributed by atoms with van der Waals surface area (Å²) < 4.78 is 5.73. The number of nitrogens with zero attached hydrogens (tertiary/aromatic N) is 1. The molecule has 134 valence electrons. The third kappa shape index (κ3) is 4.70. The maximum Gasteiger partial charge on any atom is 0.226 e. The van der Waals surface area contributed by atoms with E-state index in [1.807, 2.05) is 68.4 Å². The average Bonchev–Trinajstić information content (AvgIpc) is 3.01. The number of hydrogen-bond acceptors (Lipinski definition) is 4. The lowest BCUT2D eigenvalue weighted by Gasteiger charge is -2.08. The Bertz CT molecular complexity index is 875. The number of anilines is 1. The lowest BCUT2D eigenvalue weighted by molar-refractivity contribution is -0.116. The van der Waals surface area contributed by atoms with Crippen molar-refractivity contribution in [2.24, 2.45) is 0 Å². The van der Waals surface area contributed by atoms with Crippen LogP contribution in [0.25, 0.3) is 11.3 Å². The summed E-state index contributed by atoms with van der Waals surface area (Å²) in [6, 6.07) is 17.9. The van der Waals surface area contributed by atoms with Crippen LogP contribution in [-0.2, 0) is 4.79 Å². The van der Waals surface area contributed by atoms with Crippen LogP contribution in [0.4, 0.5) is 5.13 Å². The molecular formula is C21H22N2O2S. The predicted octanol–water partition coefficient (Wildman–Crippen LogP) is 5.22. The van der Waals surface area contributed by atoms with E-state index in [1.54, 1.807) is 0 Å². The number of carbonyl (C=O) groups is 1. The lowest BCUT2D eigenvalue weighted by Crippen LogP contribution is -2.12. The van der Waals surface area contributed by atoms with Crippen LogP contribution in [0.3, 0.4) is 0 Å². The summed E-state index contributed by atoms with van der Waals surface area (Å²) in [5, 5.41) is 3.54. The van der Waals surface area contributed by atoms with Gasteiger partial charge in [0.05, 0.1) is 12.3 Å². The minimum atomic E-state index is -0.0354. The Kier molecular flexibility index (Phi) is 6.02. The van der Waals surface area contributed by atoms with Crippen molar-refractivity contribution < 1.29 is 9.53 Å². The van der Waals surface area contributed by atoms with Crippen LogP contribution in [0.1, 0.15) is 23.3 Å². The number of ether oxygens (including phenoxy) is 1. The minimum absolute atomic E-state index is 0.0354. The van der Waals surface area contributed by atoms with Gasteiger partial charge in [-0.05, 0) is 31.9 Å². The van der Waals surface area contributed by atoms with Crippen molar-refractivity contribution >= 4 is 22.4 Å². The molecule has 1 heterocycles. The lowest BCUT2D eigenvalue weighted by atomic mass is 10.1. The number of amides is 1. The quantitative estimate of drug-likeness (QED) is 0.583. The largest absolute Gasteiger partial charge is 0.493 e. The Morgan fingerprint density at radius 3 is 2.58 bits per heavy atom. The number of hydrogen-bond donors (Lipinski definition) is 1. The highest BCUT2D eigenvalue weighted by atomic mass is 32.1. The van der Waals surface area contributed by atoms with Gasteiger partial charge in [-0.25, -0.2) is 4.98 Å². The van der Waals surface area contributed by atoms with Gasteiger partial charge < -0.3 is 10.1 Å². The summed E-state index contributed by atoms with van der Waals surface area (Å²) in [5.74, 6) is 0.836. The van der Waals surface area contributed by atoms with Crippen LogP contribution in [0.2, 0.25) is 0 Å². The molecule has 1 N–H and O–H groups in total. The first-order chi connectivity index (χ1) is 12.6. The zero-order chi connectivity index (χ0) is 18.4. The molecule has 0 aliphatic rings. The van der Waals surface area contributed by atoms with Crippen LogP contribution in [0.5, 0.6) is 5.75 Å². The SMILES string of the molecule is Cc1ccccc1OCCCC(=O)Nc1nc(-c2ccccc2)c(C)s1. The van der Waals surface area contributed by atoms with E-state index >= 15 is 0 Å². The van der Waals surface area contributed by atoms with Gasteiger partial charge in [0.15, 0.2) is 5.13 Å². The first kappa shape index (κ1) is 18.1. The number of nitrogens with one attached hydrogen (secondary N) is 1. The third-order valence-corrected chi connectivity index (χ3v) is 4.88.